The number of thiazole rings is 1. The molecule has 1 aromatic carbocycles. The summed E-state index contributed by atoms with van der Waals surface area (Å²) in [5, 5.41) is 1.02. The van der Waals surface area contributed by atoms with Crippen LogP contribution < -0.4 is 10.5 Å². The van der Waals surface area contributed by atoms with E-state index >= 15 is 0 Å². The third-order valence-corrected chi connectivity index (χ3v) is 3.56. The van der Waals surface area contributed by atoms with Gasteiger partial charge in [0, 0.05) is 17.0 Å². The zero-order valence-corrected chi connectivity index (χ0v) is 10.9. The summed E-state index contributed by atoms with van der Waals surface area (Å²) in [5.41, 5.74) is 7.73. The van der Waals surface area contributed by atoms with Gasteiger partial charge in [0.05, 0.1) is 12.3 Å². The number of ether oxygens (including phenoxy) is 1. The van der Waals surface area contributed by atoms with Crippen molar-refractivity contribution in [2.75, 3.05) is 6.61 Å². The van der Waals surface area contributed by atoms with E-state index in [0.29, 0.717) is 13.2 Å². The molecule has 3 nitrogen and oxygen atoms in total. The Morgan fingerprint density at radius 3 is 2.53 bits per heavy atom. The molecule has 0 atom stereocenters. The fourth-order valence-electron chi connectivity index (χ4n) is 1.60. The van der Waals surface area contributed by atoms with Gasteiger partial charge in [-0.3, -0.25) is 0 Å². The van der Waals surface area contributed by atoms with Crippen LogP contribution in [0.4, 0.5) is 0 Å². The molecule has 1 heterocycles. The molecule has 0 radical (unpaired) electrons. The average molecular weight is 248 g/mol. The largest absolute Gasteiger partial charge is 0.494 e. The van der Waals surface area contributed by atoms with Crippen molar-refractivity contribution in [1.82, 2.24) is 4.98 Å². The highest BCUT2D eigenvalue weighted by atomic mass is 32.1. The molecule has 0 spiro atoms. The van der Waals surface area contributed by atoms with Crippen LogP contribution in [0.2, 0.25) is 0 Å². The third-order valence-electron chi connectivity index (χ3n) is 2.50. The Hall–Kier alpha value is -1.39. The minimum absolute atomic E-state index is 0.499. The van der Waals surface area contributed by atoms with Gasteiger partial charge < -0.3 is 10.5 Å². The summed E-state index contributed by atoms with van der Waals surface area (Å²) in [6.45, 7) is 5.22. The molecule has 2 rings (SSSR count). The Labute approximate surface area is 105 Å². The van der Waals surface area contributed by atoms with Crippen molar-refractivity contribution in [3.05, 3.63) is 34.8 Å². The molecular weight excluding hydrogens is 232 g/mol. The summed E-state index contributed by atoms with van der Waals surface area (Å²) < 4.78 is 5.41. The minimum Gasteiger partial charge on any atom is -0.494 e. The lowest BCUT2D eigenvalue weighted by atomic mass is 10.2. The van der Waals surface area contributed by atoms with E-state index in [1.807, 2.05) is 31.2 Å². The van der Waals surface area contributed by atoms with Crippen LogP contribution in [0.25, 0.3) is 10.6 Å². The number of aryl methyl sites for hydroxylation is 1. The first kappa shape index (κ1) is 12.1. The van der Waals surface area contributed by atoms with Crippen LogP contribution >= 0.6 is 11.3 Å². The van der Waals surface area contributed by atoms with Gasteiger partial charge >= 0.3 is 0 Å². The molecule has 2 N–H and O–H groups in total. The quantitative estimate of drug-likeness (QED) is 0.905. The molecule has 0 bridgehead atoms. The summed E-state index contributed by atoms with van der Waals surface area (Å²) in [6, 6.07) is 8.00. The Balaban J connectivity index is 2.26. The molecule has 1 aromatic heterocycles. The van der Waals surface area contributed by atoms with E-state index in [9.17, 15) is 0 Å². The summed E-state index contributed by atoms with van der Waals surface area (Å²) in [5.74, 6) is 0.892. The van der Waals surface area contributed by atoms with E-state index in [-0.39, 0.29) is 0 Å². The molecule has 0 saturated carbocycles. The van der Waals surface area contributed by atoms with E-state index < -0.39 is 0 Å². The first-order valence-corrected chi connectivity index (χ1v) is 6.46. The first-order chi connectivity index (χ1) is 8.24. The maximum Gasteiger partial charge on any atom is 0.123 e. The van der Waals surface area contributed by atoms with Crippen molar-refractivity contribution in [1.29, 1.82) is 0 Å². The van der Waals surface area contributed by atoms with Gasteiger partial charge in [0.25, 0.3) is 0 Å². The molecule has 90 valence electrons. The average Bonchev–Trinajstić information content (AvgIpc) is 2.72. The first-order valence-electron chi connectivity index (χ1n) is 5.64. The third kappa shape index (κ3) is 2.65. The van der Waals surface area contributed by atoms with Gasteiger partial charge in [0.1, 0.15) is 10.8 Å². The highest BCUT2D eigenvalue weighted by Crippen LogP contribution is 2.28. The summed E-state index contributed by atoms with van der Waals surface area (Å²) >= 11 is 1.68. The normalized spacial score (nSPS) is 10.5. The van der Waals surface area contributed by atoms with Crippen LogP contribution in [0.15, 0.2) is 24.3 Å². The Morgan fingerprint density at radius 1 is 1.29 bits per heavy atom. The summed E-state index contributed by atoms with van der Waals surface area (Å²) in [6.07, 6.45) is 0. The lowest BCUT2D eigenvalue weighted by Gasteiger charge is -2.02. The Bertz CT molecular complexity index is 491. The molecule has 0 aliphatic carbocycles. The second-order valence-electron chi connectivity index (χ2n) is 3.68. The molecule has 2 aromatic rings. The maximum absolute atomic E-state index is 5.63. The van der Waals surface area contributed by atoms with E-state index in [1.165, 1.54) is 4.88 Å². The zero-order chi connectivity index (χ0) is 12.3. The Kier molecular flexibility index (Phi) is 3.76. The molecule has 0 fully saturated rings. The van der Waals surface area contributed by atoms with Crippen molar-refractivity contribution in [2.24, 2.45) is 5.73 Å². The van der Waals surface area contributed by atoms with E-state index in [2.05, 4.69) is 11.9 Å². The maximum atomic E-state index is 5.63. The van der Waals surface area contributed by atoms with Gasteiger partial charge in [-0.25, -0.2) is 4.98 Å². The van der Waals surface area contributed by atoms with Gasteiger partial charge in [0.15, 0.2) is 0 Å². The Morgan fingerprint density at radius 2 is 2.00 bits per heavy atom. The summed E-state index contributed by atoms with van der Waals surface area (Å²) in [4.78, 5) is 5.72. The number of aromatic nitrogens is 1. The number of benzene rings is 1. The molecule has 0 unspecified atom stereocenters. The van der Waals surface area contributed by atoms with Crippen LogP contribution in [0.1, 0.15) is 17.5 Å². The van der Waals surface area contributed by atoms with Gasteiger partial charge in [-0.15, -0.1) is 11.3 Å². The molecule has 0 aliphatic heterocycles. The number of rotatable bonds is 4. The van der Waals surface area contributed by atoms with E-state index in [1.54, 1.807) is 11.3 Å². The van der Waals surface area contributed by atoms with Crippen molar-refractivity contribution < 1.29 is 4.74 Å². The zero-order valence-electron chi connectivity index (χ0n) is 10.1. The highest BCUT2D eigenvalue weighted by Gasteiger charge is 2.07. The van der Waals surface area contributed by atoms with Crippen molar-refractivity contribution in [2.45, 2.75) is 20.4 Å². The molecule has 0 aliphatic rings. The standard InChI is InChI=1S/C13H16N2OS/c1-3-16-11-6-4-10(5-7-11)13-15-12(8-14)9(2)17-13/h4-7H,3,8,14H2,1-2H3. The van der Waals surface area contributed by atoms with Crippen LogP contribution in [0.3, 0.4) is 0 Å². The van der Waals surface area contributed by atoms with Crippen LogP contribution in [0, 0.1) is 6.92 Å². The van der Waals surface area contributed by atoms with Crippen molar-refractivity contribution in [3.8, 4) is 16.3 Å². The molecule has 0 amide bonds. The number of nitrogens with two attached hydrogens (primary N) is 1. The van der Waals surface area contributed by atoms with Crippen LogP contribution in [-0.2, 0) is 6.54 Å². The number of hydrogen-bond acceptors (Lipinski definition) is 4. The smallest absolute Gasteiger partial charge is 0.123 e. The SMILES string of the molecule is CCOc1ccc(-c2nc(CN)c(C)s2)cc1. The van der Waals surface area contributed by atoms with Crippen molar-refractivity contribution >= 4 is 11.3 Å². The van der Waals surface area contributed by atoms with Gasteiger partial charge in [0.2, 0.25) is 0 Å². The predicted molar refractivity (Wildman–Crippen MR) is 71.3 cm³/mol. The fraction of sp³-hybridized carbons (Fsp3) is 0.308. The number of nitrogens with zero attached hydrogens (tertiary/aromatic N) is 1. The lowest BCUT2D eigenvalue weighted by Crippen LogP contribution is -1.97. The monoisotopic (exact) mass is 248 g/mol. The van der Waals surface area contributed by atoms with Crippen molar-refractivity contribution in [3.63, 3.8) is 0 Å². The minimum atomic E-state index is 0.499. The predicted octanol–water partition coefficient (Wildman–Crippen LogP) is 2.98. The van der Waals surface area contributed by atoms with Crippen LogP contribution in [-0.4, -0.2) is 11.6 Å². The van der Waals surface area contributed by atoms with Gasteiger partial charge in [-0.05, 0) is 38.1 Å². The molecule has 17 heavy (non-hydrogen) atoms. The highest BCUT2D eigenvalue weighted by molar-refractivity contribution is 7.15. The summed E-state index contributed by atoms with van der Waals surface area (Å²) in [7, 11) is 0. The topological polar surface area (TPSA) is 48.1 Å². The van der Waals surface area contributed by atoms with E-state index in [4.69, 9.17) is 10.5 Å². The fourth-order valence-corrected chi connectivity index (χ4v) is 2.55. The van der Waals surface area contributed by atoms with Gasteiger partial charge in [-0.1, -0.05) is 0 Å². The molecule has 0 saturated heterocycles. The molecular formula is C13H16N2OS. The second-order valence-corrected chi connectivity index (χ2v) is 4.89. The van der Waals surface area contributed by atoms with E-state index in [0.717, 1.165) is 22.0 Å². The number of hydrogen-bond donors (Lipinski definition) is 1. The van der Waals surface area contributed by atoms with Gasteiger partial charge in [-0.2, -0.15) is 0 Å². The molecule has 4 heteroatoms. The second kappa shape index (κ2) is 5.29. The lowest BCUT2D eigenvalue weighted by molar-refractivity contribution is 0.340. The van der Waals surface area contributed by atoms with Crippen LogP contribution in [0.5, 0.6) is 5.75 Å².